The van der Waals surface area contributed by atoms with E-state index in [0.717, 1.165) is 31.2 Å². The number of carbonyl (C=O) groups excluding carboxylic acids is 1. The van der Waals surface area contributed by atoms with Crippen molar-refractivity contribution in [1.29, 1.82) is 0 Å². The minimum Gasteiger partial charge on any atom is -0.273 e. The molecule has 0 atom stereocenters. The summed E-state index contributed by atoms with van der Waals surface area (Å²) in [5.41, 5.74) is -0.217. The van der Waals surface area contributed by atoms with Gasteiger partial charge in [-0.05, 0) is 25.0 Å². The van der Waals surface area contributed by atoms with Crippen LogP contribution < -0.4 is 0 Å². The lowest BCUT2D eigenvalue weighted by Crippen LogP contribution is -2.30. The Kier molecular flexibility index (Phi) is 3.46. The van der Waals surface area contributed by atoms with Gasteiger partial charge in [-0.15, -0.1) is 0 Å². The summed E-state index contributed by atoms with van der Waals surface area (Å²) in [6, 6.07) is 3.60. The molecule has 0 unspecified atom stereocenters. The largest absolute Gasteiger partial charge is 0.273 e. The lowest BCUT2D eigenvalue weighted by atomic mass is 10.1. The van der Waals surface area contributed by atoms with Crippen LogP contribution >= 0.6 is 0 Å². The average Bonchev–Trinajstić information content (AvgIpc) is 2.30. The number of carbonyl (C=O) groups is 1. The second kappa shape index (κ2) is 5.03. The van der Waals surface area contributed by atoms with Crippen molar-refractivity contribution in [2.24, 2.45) is 5.10 Å². The van der Waals surface area contributed by atoms with Crippen molar-refractivity contribution < 1.29 is 13.6 Å². The smallest absolute Gasteiger partial charge is 0.242 e. The zero-order valence-corrected chi connectivity index (χ0v) is 9.20. The van der Waals surface area contributed by atoms with Gasteiger partial charge in [0.15, 0.2) is 0 Å². The van der Waals surface area contributed by atoms with Crippen LogP contribution in [-0.4, -0.2) is 23.7 Å². The van der Waals surface area contributed by atoms with E-state index in [0.29, 0.717) is 13.0 Å². The van der Waals surface area contributed by atoms with Crippen LogP contribution in [0.1, 0.15) is 24.8 Å². The fraction of sp³-hybridized carbons (Fsp3) is 0.333. The van der Waals surface area contributed by atoms with Crippen molar-refractivity contribution in [2.45, 2.75) is 19.3 Å². The van der Waals surface area contributed by atoms with E-state index in [1.165, 1.54) is 11.1 Å². The zero-order valence-electron chi connectivity index (χ0n) is 9.20. The molecule has 1 saturated heterocycles. The Morgan fingerprint density at radius 1 is 1.24 bits per heavy atom. The van der Waals surface area contributed by atoms with Crippen LogP contribution in [0.25, 0.3) is 0 Å². The van der Waals surface area contributed by atoms with E-state index in [4.69, 9.17) is 0 Å². The van der Waals surface area contributed by atoms with Gasteiger partial charge in [0, 0.05) is 13.0 Å². The minimum atomic E-state index is -0.682. The summed E-state index contributed by atoms with van der Waals surface area (Å²) in [6.07, 6.45) is 3.22. The zero-order chi connectivity index (χ0) is 12.3. The van der Waals surface area contributed by atoms with Crippen molar-refractivity contribution in [3.05, 3.63) is 35.4 Å². The molecule has 3 nitrogen and oxygen atoms in total. The molecule has 1 fully saturated rings. The summed E-state index contributed by atoms with van der Waals surface area (Å²) in [6.45, 7) is 0.505. The second-order valence-corrected chi connectivity index (χ2v) is 3.85. The molecule has 1 aliphatic heterocycles. The van der Waals surface area contributed by atoms with Crippen LogP contribution in [0.5, 0.6) is 0 Å². The van der Waals surface area contributed by atoms with Gasteiger partial charge in [-0.2, -0.15) is 5.10 Å². The van der Waals surface area contributed by atoms with E-state index in [1.54, 1.807) is 0 Å². The number of piperidine rings is 1. The number of rotatable bonds is 2. The summed E-state index contributed by atoms with van der Waals surface area (Å²) in [4.78, 5) is 11.4. The van der Waals surface area contributed by atoms with Crippen molar-refractivity contribution in [1.82, 2.24) is 5.01 Å². The molecule has 5 heteroatoms. The normalized spacial score (nSPS) is 16.8. The molecule has 1 aromatic carbocycles. The summed E-state index contributed by atoms with van der Waals surface area (Å²) in [7, 11) is 0. The molecule has 1 aromatic rings. The highest BCUT2D eigenvalue weighted by Crippen LogP contribution is 2.13. The molecule has 0 spiro atoms. The third-order valence-corrected chi connectivity index (χ3v) is 2.62. The van der Waals surface area contributed by atoms with Crippen LogP contribution in [0.3, 0.4) is 0 Å². The molecular weight excluding hydrogens is 226 g/mol. The maximum atomic E-state index is 13.3. The van der Waals surface area contributed by atoms with Gasteiger partial charge in [-0.1, -0.05) is 6.07 Å². The topological polar surface area (TPSA) is 32.7 Å². The standard InChI is InChI=1S/C12H12F2N2O/c13-10-4-3-5-11(14)9(10)8-15-16-7-2-1-6-12(16)17/h3-5,8H,1-2,6-7H2/b15-8+. The van der Waals surface area contributed by atoms with Crippen molar-refractivity contribution in [2.75, 3.05) is 6.54 Å². The molecule has 2 rings (SSSR count). The maximum absolute atomic E-state index is 13.3. The van der Waals surface area contributed by atoms with E-state index < -0.39 is 11.6 Å². The highest BCUT2D eigenvalue weighted by molar-refractivity contribution is 5.83. The van der Waals surface area contributed by atoms with Gasteiger partial charge in [0.2, 0.25) is 5.91 Å². The van der Waals surface area contributed by atoms with Gasteiger partial charge in [-0.25, -0.2) is 13.8 Å². The second-order valence-electron chi connectivity index (χ2n) is 3.85. The van der Waals surface area contributed by atoms with Crippen LogP contribution in [0.15, 0.2) is 23.3 Å². The van der Waals surface area contributed by atoms with Gasteiger partial charge >= 0.3 is 0 Å². The predicted molar refractivity (Wildman–Crippen MR) is 59.5 cm³/mol. The number of halogens is 2. The molecule has 0 aliphatic carbocycles. The Hall–Kier alpha value is -1.78. The molecule has 0 bridgehead atoms. The first-order valence-corrected chi connectivity index (χ1v) is 5.47. The van der Waals surface area contributed by atoms with Crippen molar-refractivity contribution in [3.63, 3.8) is 0 Å². The number of hydrogen-bond donors (Lipinski definition) is 0. The first kappa shape index (κ1) is 11.7. The Morgan fingerprint density at radius 3 is 2.59 bits per heavy atom. The van der Waals surface area contributed by atoms with Crippen LogP contribution in [0, 0.1) is 11.6 Å². The molecule has 0 aromatic heterocycles. The third kappa shape index (κ3) is 2.67. The summed E-state index contributed by atoms with van der Waals surface area (Å²) in [5, 5.41) is 5.09. The molecule has 0 radical (unpaired) electrons. The summed E-state index contributed by atoms with van der Waals surface area (Å²) >= 11 is 0. The molecular formula is C12H12F2N2O. The summed E-state index contributed by atoms with van der Waals surface area (Å²) in [5.74, 6) is -1.47. The molecule has 1 aliphatic rings. The average molecular weight is 238 g/mol. The first-order chi connectivity index (χ1) is 8.18. The number of hydrogen-bond acceptors (Lipinski definition) is 2. The monoisotopic (exact) mass is 238 g/mol. The van der Waals surface area contributed by atoms with E-state index in [-0.39, 0.29) is 11.5 Å². The third-order valence-electron chi connectivity index (χ3n) is 2.62. The summed E-state index contributed by atoms with van der Waals surface area (Å²) < 4.78 is 26.5. The maximum Gasteiger partial charge on any atom is 0.242 e. The van der Waals surface area contributed by atoms with E-state index in [2.05, 4.69) is 5.10 Å². The fourth-order valence-electron chi connectivity index (χ4n) is 1.68. The van der Waals surface area contributed by atoms with Crippen molar-refractivity contribution >= 4 is 12.1 Å². The molecule has 1 amide bonds. The Bertz CT molecular complexity index is 440. The van der Waals surface area contributed by atoms with Gasteiger partial charge in [0.25, 0.3) is 0 Å². The van der Waals surface area contributed by atoms with Gasteiger partial charge in [0.05, 0.1) is 11.8 Å². The van der Waals surface area contributed by atoms with E-state index in [1.807, 2.05) is 0 Å². The van der Waals surface area contributed by atoms with Gasteiger partial charge in [-0.3, -0.25) is 4.79 Å². The Labute approximate surface area is 97.7 Å². The van der Waals surface area contributed by atoms with E-state index in [9.17, 15) is 13.6 Å². The minimum absolute atomic E-state index is 0.107. The highest BCUT2D eigenvalue weighted by Gasteiger charge is 2.17. The first-order valence-electron chi connectivity index (χ1n) is 5.47. The fourth-order valence-corrected chi connectivity index (χ4v) is 1.68. The molecule has 17 heavy (non-hydrogen) atoms. The number of benzene rings is 1. The molecule has 90 valence electrons. The van der Waals surface area contributed by atoms with E-state index >= 15 is 0 Å². The van der Waals surface area contributed by atoms with Gasteiger partial charge in [0.1, 0.15) is 11.6 Å². The lowest BCUT2D eigenvalue weighted by Gasteiger charge is -2.21. The van der Waals surface area contributed by atoms with Crippen molar-refractivity contribution in [3.8, 4) is 0 Å². The van der Waals surface area contributed by atoms with Crippen LogP contribution in [0.2, 0.25) is 0 Å². The SMILES string of the molecule is O=C1CCCCN1/N=C/c1c(F)cccc1F. The number of hydrazone groups is 1. The Morgan fingerprint density at radius 2 is 1.94 bits per heavy atom. The quantitative estimate of drug-likeness (QED) is 0.728. The molecule has 0 N–H and O–H groups in total. The van der Waals surface area contributed by atoms with Crippen LogP contribution in [-0.2, 0) is 4.79 Å². The lowest BCUT2D eigenvalue weighted by molar-refractivity contribution is -0.133. The number of nitrogens with zero attached hydrogens (tertiary/aromatic N) is 2. The number of amides is 1. The van der Waals surface area contributed by atoms with Gasteiger partial charge < -0.3 is 0 Å². The predicted octanol–water partition coefficient (Wildman–Crippen LogP) is 2.31. The molecule has 1 heterocycles. The highest BCUT2D eigenvalue weighted by atomic mass is 19.1. The van der Waals surface area contributed by atoms with Crippen LogP contribution in [0.4, 0.5) is 8.78 Å². The molecule has 0 saturated carbocycles. The Balaban J connectivity index is 2.17.